The lowest BCUT2D eigenvalue weighted by molar-refractivity contribution is 0.102. The fourth-order valence-corrected chi connectivity index (χ4v) is 3.54. The van der Waals surface area contributed by atoms with Crippen LogP contribution in [0.15, 0.2) is 18.2 Å². The first kappa shape index (κ1) is 16.4. The number of thiazole rings is 1. The lowest BCUT2D eigenvalue weighted by Crippen LogP contribution is -2.12. The van der Waals surface area contributed by atoms with E-state index in [4.69, 9.17) is 0 Å². The second kappa shape index (κ2) is 6.04. The van der Waals surface area contributed by atoms with Gasteiger partial charge in [0.1, 0.15) is 4.88 Å². The molecule has 0 bridgehead atoms. The van der Waals surface area contributed by atoms with Gasteiger partial charge in [-0.25, -0.2) is 4.98 Å². The van der Waals surface area contributed by atoms with Crippen LogP contribution >= 0.6 is 33.9 Å². The van der Waals surface area contributed by atoms with Gasteiger partial charge in [-0.1, -0.05) is 20.8 Å². The topological polar surface area (TPSA) is 42.0 Å². The lowest BCUT2D eigenvalue weighted by Gasteiger charge is -2.13. The zero-order chi connectivity index (χ0) is 15.8. The number of carbonyl (C=O) groups excluding carboxylic acids is 1. The fourth-order valence-electron chi connectivity index (χ4n) is 1.87. The summed E-state index contributed by atoms with van der Waals surface area (Å²) in [6, 6.07) is 5.98. The quantitative estimate of drug-likeness (QED) is 0.710. The molecule has 1 heterocycles. The van der Waals surface area contributed by atoms with E-state index in [1.54, 1.807) is 0 Å². The zero-order valence-electron chi connectivity index (χ0n) is 12.9. The van der Waals surface area contributed by atoms with Gasteiger partial charge in [-0.3, -0.25) is 4.79 Å². The molecule has 21 heavy (non-hydrogen) atoms. The molecule has 0 unspecified atom stereocenters. The summed E-state index contributed by atoms with van der Waals surface area (Å²) in [5, 5.41) is 3.98. The maximum atomic E-state index is 12.5. The van der Waals surface area contributed by atoms with Crippen molar-refractivity contribution in [2.75, 3.05) is 5.32 Å². The second-order valence-corrected chi connectivity index (χ2v) is 8.34. The van der Waals surface area contributed by atoms with Crippen molar-refractivity contribution in [2.24, 2.45) is 0 Å². The molecule has 0 aliphatic carbocycles. The highest BCUT2D eigenvalue weighted by atomic mass is 127. The Balaban J connectivity index is 2.27. The number of aryl methyl sites for hydroxylation is 2. The molecule has 0 atom stereocenters. The third-order valence-electron chi connectivity index (χ3n) is 3.08. The van der Waals surface area contributed by atoms with Crippen LogP contribution in [0.1, 0.15) is 46.7 Å². The summed E-state index contributed by atoms with van der Waals surface area (Å²) in [4.78, 5) is 17.7. The molecule has 0 aliphatic heterocycles. The van der Waals surface area contributed by atoms with Crippen molar-refractivity contribution < 1.29 is 4.79 Å². The van der Waals surface area contributed by atoms with Crippen molar-refractivity contribution >= 4 is 45.5 Å². The van der Waals surface area contributed by atoms with Gasteiger partial charge in [0.15, 0.2) is 0 Å². The number of nitrogens with one attached hydrogen (secondary N) is 1. The molecular formula is C16H19IN2OS. The summed E-state index contributed by atoms with van der Waals surface area (Å²) < 4.78 is 1.16. The molecule has 0 spiro atoms. The normalized spacial score (nSPS) is 11.5. The van der Waals surface area contributed by atoms with E-state index in [0.29, 0.717) is 4.88 Å². The van der Waals surface area contributed by atoms with Gasteiger partial charge in [-0.05, 0) is 60.2 Å². The SMILES string of the molecule is Cc1cc(I)ccc1NC(=O)c1sc(C(C)(C)C)nc1C. The van der Waals surface area contributed by atoms with Crippen molar-refractivity contribution in [2.45, 2.75) is 40.0 Å². The standard InChI is InChI=1S/C16H19IN2OS/c1-9-8-11(17)6-7-12(9)19-14(20)13-10(2)18-15(21-13)16(3,4)5/h6-8H,1-5H3,(H,19,20). The van der Waals surface area contributed by atoms with Crippen LogP contribution in [0.4, 0.5) is 5.69 Å². The molecule has 3 nitrogen and oxygen atoms in total. The van der Waals surface area contributed by atoms with Crippen LogP contribution < -0.4 is 5.32 Å². The summed E-state index contributed by atoms with van der Waals surface area (Å²) in [6.07, 6.45) is 0. The lowest BCUT2D eigenvalue weighted by atomic mass is 9.98. The maximum Gasteiger partial charge on any atom is 0.267 e. The molecule has 112 valence electrons. The number of anilines is 1. The Morgan fingerprint density at radius 1 is 1.29 bits per heavy atom. The van der Waals surface area contributed by atoms with Crippen LogP contribution in [0.5, 0.6) is 0 Å². The van der Waals surface area contributed by atoms with E-state index < -0.39 is 0 Å². The minimum absolute atomic E-state index is 0.0350. The smallest absolute Gasteiger partial charge is 0.267 e. The third kappa shape index (κ3) is 3.83. The average molecular weight is 414 g/mol. The van der Waals surface area contributed by atoms with Crippen LogP contribution in [0.2, 0.25) is 0 Å². The van der Waals surface area contributed by atoms with E-state index in [0.717, 1.165) is 25.5 Å². The minimum atomic E-state index is -0.0789. The van der Waals surface area contributed by atoms with Crippen LogP contribution in [0, 0.1) is 17.4 Å². The van der Waals surface area contributed by atoms with Gasteiger partial charge in [0.05, 0.1) is 10.7 Å². The summed E-state index contributed by atoms with van der Waals surface area (Å²) in [6.45, 7) is 10.2. The number of hydrogen-bond donors (Lipinski definition) is 1. The van der Waals surface area contributed by atoms with Crippen molar-refractivity contribution in [3.05, 3.63) is 42.9 Å². The van der Waals surface area contributed by atoms with Crippen molar-refractivity contribution in [3.8, 4) is 0 Å². The predicted molar refractivity (Wildman–Crippen MR) is 97.4 cm³/mol. The van der Waals surface area contributed by atoms with E-state index in [1.807, 2.05) is 26.0 Å². The molecule has 1 aromatic carbocycles. The van der Waals surface area contributed by atoms with Gasteiger partial charge >= 0.3 is 0 Å². The first-order chi connectivity index (χ1) is 9.68. The van der Waals surface area contributed by atoms with Gasteiger partial charge < -0.3 is 5.32 Å². The highest BCUT2D eigenvalue weighted by Crippen LogP contribution is 2.30. The van der Waals surface area contributed by atoms with Crippen LogP contribution in [-0.4, -0.2) is 10.9 Å². The van der Waals surface area contributed by atoms with E-state index >= 15 is 0 Å². The third-order valence-corrected chi connectivity index (χ3v) is 5.33. The maximum absolute atomic E-state index is 12.5. The molecule has 0 saturated heterocycles. The number of aromatic nitrogens is 1. The molecule has 0 aliphatic rings. The Morgan fingerprint density at radius 3 is 2.48 bits per heavy atom. The van der Waals surface area contributed by atoms with Gasteiger partial charge in [-0.2, -0.15) is 0 Å². The average Bonchev–Trinajstić information content (AvgIpc) is 2.75. The van der Waals surface area contributed by atoms with Crippen LogP contribution in [0.3, 0.4) is 0 Å². The predicted octanol–water partition coefficient (Wildman–Crippen LogP) is 4.91. The van der Waals surface area contributed by atoms with Crippen LogP contribution in [-0.2, 0) is 5.41 Å². The number of amides is 1. The molecule has 0 radical (unpaired) electrons. The van der Waals surface area contributed by atoms with E-state index in [9.17, 15) is 4.79 Å². The molecule has 0 saturated carbocycles. The zero-order valence-corrected chi connectivity index (χ0v) is 15.8. The number of hydrogen-bond acceptors (Lipinski definition) is 3. The molecule has 2 rings (SSSR count). The summed E-state index contributed by atoms with van der Waals surface area (Å²) in [7, 11) is 0. The van der Waals surface area contributed by atoms with E-state index in [-0.39, 0.29) is 11.3 Å². The first-order valence-corrected chi connectivity index (χ1v) is 8.63. The van der Waals surface area contributed by atoms with Gasteiger partial charge in [0.25, 0.3) is 5.91 Å². The summed E-state index contributed by atoms with van der Waals surface area (Å²) in [5.74, 6) is -0.0789. The number of benzene rings is 1. The van der Waals surface area contributed by atoms with Crippen molar-refractivity contribution in [1.29, 1.82) is 0 Å². The molecule has 5 heteroatoms. The first-order valence-electron chi connectivity index (χ1n) is 6.74. The van der Waals surface area contributed by atoms with Crippen LogP contribution in [0.25, 0.3) is 0 Å². The second-order valence-electron chi connectivity index (χ2n) is 6.10. The van der Waals surface area contributed by atoms with Gasteiger partial charge in [0.2, 0.25) is 0 Å². The summed E-state index contributed by atoms with van der Waals surface area (Å²) in [5.41, 5.74) is 2.68. The molecular weight excluding hydrogens is 395 g/mol. The fraction of sp³-hybridized carbons (Fsp3) is 0.375. The largest absolute Gasteiger partial charge is 0.321 e. The number of carbonyl (C=O) groups is 1. The molecule has 1 N–H and O–H groups in total. The Hall–Kier alpha value is -0.950. The van der Waals surface area contributed by atoms with Gasteiger partial charge in [-0.15, -0.1) is 11.3 Å². The molecule has 1 aromatic heterocycles. The van der Waals surface area contributed by atoms with Gasteiger partial charge in [0, 0.05) is 14.7 Å². The summed E-state index contributed by atoms with van der Waals surface area (Å²) >= 11 is 3.74. The molecule has 1 amide bonds. The van der Waals surface area contributed by atoms with Crippen molar-refractivity contribution in [3.63, 3.8) is 0 Å². The Kier molecular flexibility index (Phi) is 4.72. The Labute approximate surface area is 143 Å². The Morgan fingerprint density at radius 2 is 1.95 bits per heavy atom. The van der Waals surface area contributed by atoms with Crippen molar-refractivity contribution in [1.82, 2.24) is 4.98 Å². The number of rotatable bonds is 2. The molecule has 0 fully saturated rings. The Bertz CT molecular complexity index is 686. The van der Waals surface area contributed by atoms with E-state index in [1.165, 1.54) is 11.3 Å². The number of nitrogens with zero attached hydrogens (tertiary/aromatic N) is 1. The highest BCUT2D eigenvalue weighted by molar-refractivity contribution is 14.1. The van der Waals surface area contributed by atoms with E-state index in [2.05, 4.69) is 59.7 Å². The highest BCUT2D eigenvalue weighted by Gasteiger charge is 2.23. The number of halogens is 1. The molecule has 2 aromatic rings. The minimum Gasteiger partial charge on any atom is -0.321 e. The monoisotopic (exact) mass is 414 g/mol.